The number of benzene rings is 1. The molecule has 1 amide bonds. The molecule has 7 heteroatoms. The molecule has 25 heavy (non-hydrogen) atoms. The van der Waals surface area contributed by atoms with Crippen LogP contribution in [0.2, 0.25) is 0 Å². The minimum atomic E-state index is -4.58. The molecule has 0 spiro atoms. The molecule has 0 bridgehead atoms. The molecular weight excluding hydrogens is 335 g/mol. The number of methoxy groups -OCH3 is 1. The average Bonchev–Trinajstić information content (AvgIpc) is 2.51. The molecule has 4 nitrogen and oxygen atoms in total. The molecular formula is C18H26F3NO3. The van der Waals surface area contributed by atoms with E-state index in [0.717, 1.165) is 12.5 Å². The second-order valence-electron chi connectivity index (χ2n) is 6.54. The molecule has 1 aromatic carbocycles. The Balaban J connectivity index is 3.07. The topological polar surface area (TPSA) is 47.6 Å². The predicted molar refractivity (Wildman–Crippen MR) is 90.7 cm³/mol. The van der Waals surface area contributed by atoms with Crippen LogP contribution in [0.3, 0.4) is 0 Å². The van der Waals surface area contributed by atoms with Gasteiger partial charge in [-0.15, -0.1) is 0 Å². The monoisotopic (exact) mass is 361 g/mol. The molecule has 0 saturated carbocycles. The number of hydrogen-bond acceptors (Lipinski definition) is 3. The van der Waals surface area contributed by atoms with Gasteiger partial charge in [0.15, 0.2) is 0 Å². The first-order valence-electron chi connectivity index (χ1n) is 8.24. The van der Waals surface area contributed by atoms with Crippen LogP contribution in [0.25, 0.3) is 0 Å². The lowest BCUT2D eigenvalue weighted by molar-refractivity contribution is -0.141. The largest absolute Gasteiger partial charge is 0.496 e. The number of hydrogen-bond donors (Lipinski definition) is 1. The van der Waals surface area contributed by atoms with Crippen molar-refractivity contribution in [1.29, 1.82) is 0 Å². The highest BCUT2D eigenvalue weighted by atomic mass is 19.4. The molecule has 0 heterocycles. The highest BCUT2D eigenvalue weighted by Gasteiger charge is 2.37. The van der Waals surface area contributed by atoms with Crippen molar-refractivity contribution in [2.45, 2.75) is 52.3 Å². The number of anilines is 1. The van der Waals surface area contributed by atoms with Gasteiger partial charge in [0, 0.05) is 12.3 Å². The Kier molecular flexibility index (Phi) is 7.29. The summed E-state index contributed by atoms with van der Waals surface area (Å²) in [6, 6.07) is 3.43. The molecule has 1 atom stereocenters. The van der Waals surface area contributed by atoms with E-state index in [1.165, 1.54) is 19.2 Å². The predicted octanol–water partition coefficient (Wildman–Crippen LogP) is 4.88. The van der Waals surface area contributed by atoms with Crippen LogP contribution in [0.1, 0.15) is 46.1 Å². The van der Waals surface area contributed by atoms with Crippen molar-refractivity contribution in [3.63, 3.8) is 0 Å². The summed E-state index contributed by atoms with van der Waals surface area (Å²) < 4.78 is 49.8. The van der Waals surface area contributed by atoms with Gasteiger partial charge in [-0.1, -0.05) is 20.8 Å². The third kappa shape index (κ3) is 5.92. The summed E-state index contributed by atoms with van der Waals surface area (Å²) in [7, 11) is 1.17. The minimum Gasteiger partial charge on any atom is -0.496 e. The lowest BCUT2D eigenvalue weighted by Gasteiger charge is -2.30. The number of amides is 1. The Bertz CT molecular complexity index is 587. The normalized spacial score (nSPS) is 14.3. The standard InChI is InChI=1S/C18H26F3NO3/c1-6-9-25-17(4,11-12(2)3)16(23)22-13-7-8-15(24-5)14(10-13)18(19,20)21/h7-8,10,12H,6,9,11H2,1-5H3,(H,22,23). The summed E-state index contributed by atoms with van der Waals surface area (Å²) in [4.78, 5) is 12.6. The second-order valence-corrected chi connectivity index (χ2v) is 6.54. The van der Waals surface area contributed by atoms with Crippen LogP contribution in [0.4, 0.5) is 18.9 Å². The van der Waals surface area contributed by atoms with Crippen molar-refractivity contribution in [2.75, 3.05) is 19.0 Å². The van der Waals surface area contributed by atoms with E-state index in [4.69, 9.17) is 9.47 Å². The Morgan fingerprint density at radius 3 is 2.40 bits per heavy atom. The summed E-state index contributed by atoms with van der Waals surface area (Å²) >= 11 is 0. The van der Waals surface area contributed by atoms with Gasteiger partial charge in [0.1, 0.15) is 11.4 Å². The maximum absolute atomic E-state index is 13.1. The number of halogens is 3. The van der Waals surface area contributed by atoms with E-state index >= 15 is 0 Å². The third-order valence-corrected chi connectivity index (χ3v) is 3.67. The van der Waals surface area contributed by atoms with Gasteiger partial charge in [-0.3, -0.25) is 4.79 Å². The summed E-state index contributed by atoms with van der Waals surface area (Å²) in [5.41, 5.74) is -2.00. The fourth-order valence-electron chi connectivity index (χ4n) is 2.59. The van der Waals surface area contributed by atoms with Crippen molar-refractivity contribution < 1.29 is 27.4 Å². The Morgan fingerprint density at radius 1 is 1.28 bits per heavy atom. The lowest BCUT2D eigenvalue weighted by Crippen LogP contribution is -2.44. The van der Waals surface area contributed by atoms with E-state index in [1.54, 1.807) is 6.92 Å². The zero-order chi connectivity index (χ0) is 19.3. The fourth-order valence-corrected chi connectivity index (χ4v) is 2.59. The fraction of sp³-hybridized carbons (Fsp3) is 0.611. The second kappa shape index (κ2) is 8.56. The maximum Gasteiger partial charge on any atom is 0.420 e. The molecule has 1 aromatic rings. The van der Waals surface area contributed by atoms with E-state index in [1.807, 2.05) is 20.8 Å². The van der Waals surface area contributed by atoms with Crippen LogP contribution in [0, 0.1) is 5.92 Å². The number of carbonyl (C=O) groups excluding carboxylic acids is 1. The van der Waals surface area contributed by atoms with Crippen LogP contribution >= 0.6 is 0 Å². The van der Waals surface area contributed by atoms with E-state index in [9.17, 15) is 18.0 Å². The summed E-state index contributed by atoms with van der Waals surface area (Å²) in [6.45, 7) is 7.89. The molecule has 142 valence electrons. The van der Waals surface area contributed by atoms with Gasteiger partial charge >= 0.3 is 6.18 Å². The van der Waals surface area contributed by atoms with Gasteiger partial charge < -0.3 is 14.8 Å². The molecule has 1 rings (SSSR count). The Morgan fingerprint density at radius 2 is 1.92 bits per heavy atom. The zero-order valence-corrected chi connectivity index (χ0v) is 15.3. The SMILES string of the molecule is CCCOC(C)(CC(C)C)C(=O)Nc1ccc(OC)c(C(F)(F)F)c1. The van der Waals surface area contributed by atoms with Gasteiger partial charge in [-0.2, -0.15) is 13.2 Å². The number of ether oxygens (including phenoxy) is 2. The molecule has 0 fully saturated rings. The minimum absolute atomic E-state index is 0.0493. The number of rotatable bonds is 8. The molecule has 0 radical (unpaired) electrons. The van der Waals surface area contributed by atoms with Crippen molar-refractivity contribution in [1.82, 2.24) is 0 Å². The van der Waals surface area contributed by atoms with Crippen LogP contribution in [0.5, 0.6) is 5.75 Å². The smallest absolute Gasteiger partial charge is 0.420 e. The lowest BCUT2D eigenvalue weighted by atomic mass is 9.93. The van der Waals surface area contributed by atoms with Gasteiger partial charge in [-0.25, -0.2) is 0 Å². The highest BCUT2D eigenvalue weighted by molar-refractivity contribution is 5.97. The van der Waals surface area contributed by atoms with Gasteiger partial charge in [0.2, 0.25) is 0 Å². The average molecular weight is 361 g/mol. The molecule has 0 aliphatic carbocycles. The van der Waals surface area contributed by atoms with Gasteiger partial charge in [-0.05, 0) is 43.9 Å². The molecule has 0 aliphatic heterocycles. The Hall–Kier alpha value is -1.76. The number of nitrogens with one attached hydrogen (secondary N) is 1. The first-order chi connectivity index (χ1) is 11.5. The van der Waals surface area contributed by atoms with Gasteiger partial charge in [0.25, 0.3) is 5.91 Å². The quantitative estimate of drug-likeness (QED) is 0.718. The Labute approximate surface area is 146 Å². The number of carbonyl (C=O) groups is 1. The molecule has 0 aliphatic rings. The van der Waals surface area contributed by atoms with Crippen LogP contribution in [0.15, 0.2) is 18.2 Å². The van der Waals surface area contributed by atoms with Crippen LogP contribution in [-0.4, -0.2) is 25.2 Å². The number of alkyl halides is 3. The first kappa shape index (κ1) is 21.3. The van der Waals surface area contributed by atoms with Crippen LogP contribution < -0.4 is 10.1 Å². The van der Waals surface area contributed by atoms with Crippen molar-refractivity contribution in [3.8, 4) is 5.75 Å². The molecule has 1 unspecified atom stereocenters. The first-order valence-corrected chi connectivity index (χ1v) is 8.24. The molecule has 0 saturated heterocycles. The summed E-state index contributed by atoms with van der Waals surface area (Å²) in [5.74, 6) is -0.570. The maximum atomic E-state index is 13.1. The van der Waals surface area contributed by atoms with Crippen molar-refractivity contribution in [3.05, 3.63) is 23.8 Å². The summed E-state index contributed by atoms with van der Waals surface area (Å²) in [5, 5.41) is 2.54. The van der Waals surface area contributed by atoms with Gasteiger partial charge in [0.05, 0.1) is 12.7 Å². The van der Waals surface area contributed by atoms with E-state index in [-0.39, 0.29) is 17.4 Å². The highest BCUT2D eigenvalue weighted by Crippen LogP contribution is 2.38. The zero-order valence-electron chi connectivity index (χ0n) is 15.3. The van der Waals surface area contributed by atoms with E-state index < -0.39 is 23.2 Å². The van der Waals surface area contributed by atoms with Crippen molar-refractivity contribution >= 4 is 11.6 Å². The van der Waals surface area contributed by atoms with E-state index in [2.05, 4.69) is 5.32 Å². The molecule has 1 N–H and O–H groups in total. The third-order valence-electron chi connectivity index (χ3n) is 3.67. The summed E-state index contributed by atoms with van der Waals surface area (Å²) in [6.07, 6.45) is -3.38. The molecule has 0 aromatic heterocycles. The van der Waals surface area contributed by atoms with Crippen molar-refractivity contribution in [2.24, 2.45) is 5.92 Å². The van der Waals surface area contributed by atoms with E-state index in [0.29, 0.717) is 13.0 Å². The van der Waals surface area contributed by atoms with Crippen LogP contribution in [-0.2, 0) is 15.7 Å².